The summed E-state index contributed by atoms with van der Waals surface area (Å²) in [6, 6.07) is 12.7. The van der Waals surface area contributed by atoms with E-state index in [1.807, 2.05) is 29.2 Å². The van der Waals surface area contributed by atoms with Crippen molar-refractivity contribution in [1.29, 1.82) is 0 Å². The molecule has 5 nitrogen and oxygen atoms in total. The van der Waals surface area contributed by atoms with Crippen molar-refractivity contribution < 1.29 is 15.0 Å². The Morgan fingerprint density at radius 1 is 1.24 bits per heavy atom. The summed E-state index contributed by atoms with van der Waals surface area (Å²) in [7, 11) is 0. The topological polar surface area (TPSA) is 64.0 Å². The van der Waals surface area contributed by atoms with Crippen LogP contribution in [-0.4, -0.2) is 64.2 Å². The van der Waals surface area contributed by atoms with E-state index in [-0.39, 0.29) is 41.4 Å². The summed E-state index contributed by atoms with van der Waals surface area (Å²) in [5.41, 5.74) is 1.53. The lowest BCUT2D eigenvalue weighted by molar-refractivity contribution is -0.138. The number of nitrogens with zero attached hydrogens (tertiary/aromatic N) is 2. The summed E-state index contributed by atoms with van der Waals surface area (Å²) in [4.78, 5) is 18.1. The van der Waals surface area contributed by atoms with Gasteiger partial charge in [0.2, 0.25) is 5.91 Å². The standard InChI is InChI=1S/C30H38Cl2N2O3/c1-4-11-33-12-10-30(22-6-5-7-24(35)15-22)17-23(16-28(36)25(30)19-33)34(18-20(2)3)29(37)14-21-8-9-26(31)27(32)13-21/h4-9,13,15,20,23,25,28,35-36H,1,10-12,14,16-19H2,2-3H3/t23-,25+,28?,30+/m1/s1. The summed E-state index contributed by atoms with van der Waals surface area (Å²) >= 11 is 12.3. The monoisotopic (exact) mass is 544 g/mol. The Hall–Kier alpha value is -2.05. The van der Waals surface area contributed by atoms with Gasteiger partial charge in [-0.15, -0.1) is 6.58 Å². The smallest absolute Gasteiger partial charge is 0.227 e. The number of rotatable bonds is 8. The predicted octanol–water partition coefficient (Wildman–Crippen LogP) is 5.70. The number of piperidine rings is 1. The maximum atomic E-state index is 13.8. The van der Waals surface area contributed by atoms with Gasteiger partial charge in [-0.3, -0.25) is 9.69 Å². The molecule has 2 fully saturated rings. The van der Waals surface area contributed by atoms with Crippen molar-refractivity contribution in [3.63, 3.8) is 0 Å². The Morgan fingerprint density at radius 2 is 2.03 bits per heavy atom. The number of amides is 1. The van der Waals surface area contributed by atoms with Gasteiger partial charge >= 0.3 is 0 Å². The van der Waals surface area contributed by atoms with Crippen molar-refractivity contribution >= 4 is 29.1 Å². The van der Waals surface area contributed by atoms with E-state index in [4.69, 9.17) is 23.2 Å². The number of phenols is 1. The zero-order valence-corrected chi connectivity index (χ0v) is 23.3. The quantitative estimate of drug-likeness (QED) is 0.418. The van der Waals surface area contributed by atoms with E-state index in [2.05, 4.69) is 31.4 Å². The number of aromatic hydroxyl groups is 1. The Kier molecular flexibility index (Phi) is 8.90. The molecule has 4 rings (SSSR count). The van der Waals surface area contributed by atoms with Crippen molar-refractivity contribution in [2.45, 2.75) is 57.1 Å². The highest BCUT2D eigenvalue weighted by Gasteiger charge is 2.53. The zero-order valence-electron chi connectivity index (χ0n) is 21.7. The normalized spacial score (nSPS) is 26.1. The van der Waals surface area contributed by atoms with Gasteiger partial charge in [0.15, 0.2) is 0 Å². The minimum absolute atomic E-state index is 0.00493. The minimum Gasteiger partial charge on any atom is -0.508 e. The molecule has 0 bridgehead atoms. The van der Waals surface area contributed by atoms with E-state index >= 15 is 0 Å². The van der Waals surface area contributed by atoms with Crippen molar-refractivity contribution in [3.8, 4) is 5.75 Å². The molecule has 1 aliphatic carbocycles. The second kappa shape index (κ2) is 11.8. The van der Waals surface area contributed by atoms with Gasteiger partial charge < -0.3 is 15.1 Å². The van der Waals surface area contributed by atoms with Crippen LogP contribution < -0.4 is 0 Å². The fourth-order valence-electron chi connectivity index (χ4n) is 6.43. The molecule has 1 saturated carbocycles. The highest BCUT2D eigenvalue weighted by atomic mass is 35.5. The third-order valence-electron chi connectivity index (χ3n) is 8.09. The SMILES string of the molecule is C=CCN1CC[C@@]2(c3cccc(O)c3)C[C@H](N(CC(C)C)C(=O)Cc3ccc(Cl)c(Cl)c3)CC(O)[C@@H]2C1. The molecule has 2 aromatic rings. The van der Waals surface area contributed by atoms with Crippen molar-refractivity contribution in [2.24, 2.45) is 11.8 Å². The molecule has 0 aromatic heterocycles. The predicted molar refractivity (Wildman–Crippen MR) is 150 cm³/mol. The Bertz CT molecular complexity index is 1120. The van der Waals surface area contributed by atoms with Gasteiger partial charge in [-0.2, -0.15) is 0 Å². The van der Waals surface area contributed by atoms with Crippen LogP contribution in [0.2, 0.25) is 10.0 Å². The van der Waals surface area contributed by atoms with E-state index < -0.39 is 6.10 Å². The maximum absolute atomic E-state index is 13.8. The first-order valence-corrected chi connectivity index (χ1v) is 13.9. The van der Waals surface area contributed by atoms with Crippen LogP contribution in [0.1, 0.15) is 44.2 Å². The third kappa shape index (κ3) is 6.17. The number of phenolic OH excluding ortho intramolecular Hbond substituents is 1. The molecule has 2 aliphatic rings. The van der Waals surface area contributed by atoms with Crippen LogP contribution >= 0.6 is 23.2 Å². The molecule has 1 amide bonds. The van der Waals surface area contributed by atoms with Crippen LogP contribution in [0.5, 0.6) is 5.75 Å². The van der Waals surface area contributed by atoms with Crippen molar-refractivity contribution in [3.05, 3.63) is 76.3 Å². The summed E-state index contributed by atoms with van der Waals surface area (Å²) < 4.78 is 0. The van der Waals surface area contributed by atoms with Crippen molar-refractivity contribution in [2.75, 3.05) is 26.2 Å². The minimum atomic E-state index is -0.568. The van der Waals surface area contributed by atoms with Gasteiger partial charge in [-0.25, -0.2) is 0 Å². The lowest BCUT2D eigenvalue weighted by Crippen LogP contribution is -2.61. The van der Waals surface area contributed by atoms with Crippen LogP contribution in [0.3, 0.4) is 0 Å². The van der Waals surface area contributed by atoms with Gasteiger partial charge in [0.1, 0.15) is 5.75 Å². The molecule has 2 N–H and O–H groups in total. The van der Waals surface area contributed by atoms with Crippen molar-refractivity contribution in [1.82, 2.24) is 9.80 Å². The van der Waals surface area contributed by atoms with E-state index in [0.29, 0.717) is 23.0 Å². The highest BCUT2D eigenvalue weighted by Crippen LogP contribution is 2.50. The number of carbonyl (C=O) groups excluding carboxylic acids is 1. The average molecular weight is 546 g/mol. The number of likely N-dealkylation sites (tertiary alicyclic amines) is 1. The molecule has 1 heterocycles. The fourth-order valence-corrected chi connectivity index (χ4v) is 6.75. The van der Waals surface area contributed by atoms with E-state index in [1.54, 1.807) is 18.2 Å². The van der Waals surface area contributed by atoms with E-state index in [9.17, 15) is 15.0 Å². The first-order chi connectivity index (χ1) is 17.6. The number of aliphatic hydroxyl groups excluding tert-OH is 1. The molecule has 7 heteroatoms. The number of halogens is 2. The molecule has 0 radical (unpaired) electrons. The van der Waals surface area contributed by atoms with E-state index in [1.165, 1.54) is 0 Å². The van der Waals surface area contributed by atoms with Crippen LogP contribution in [-0.2, 0) is 16.6 Å². The summed E-state index contributed by atoms with van der Waals surface area (Å²) in [6.45, 7) is 11.1. The van der Waals surface area contributed by atoms with E-state index in [0.717, 1.165) is 43.6 Å². The number of aliphatic hydroxyl groups is 1. The largest absolute Gasteiger partial charge is 0.508 e. The molecule has 37 heavy (non-hydrogen) atoms. The van der Waals surface area contributed by atoms with Crippen LogP contribution in [0.25, 0.3) is 0 Å². The Labute approximate surface area is 230 Å². The third-order valence-corrected chi connectivity index (χ3v) is 8.83. The second-order valence-electron chi connectivity index (χ2n) is 11.1. The fraction of sp³-hybridized carbons (Fsp3) is 0.500. The lowest BCUT2D eigenvalue weighted by Gasteiger charge is -2.56. The molecule has 1 unspecified atom stereocenters. The van der Waals surface area contributed by atoms with Gasteiger partial charge in [-0.05, 0) is 67.1 Å². The van der Waals surface area contributed by atoms with Gasteiger partial charge in [0, 0.05) is 37.0 Å². The number of carbonyl (C=O) groups is 1. The number of hydrogen-bond acceptors (Lipinski definition) is 4. The zero-order chi connectivity index (χ0) is 26.7. The average Bonchev–Trinajstić information content (AvgIpc) is 2.85. The highest BCUT2D eigenvalue weighted by molar-refractivity contribution is 6.42. The summed E-state index contributed by atoms with van der Waals surface area (Å²) in [5.74, 6) is 0.535. The van der Waals surface area contributed by atoms with Gasteiger partial charge in [0.25, 0.3) is 0 Å². The first kappa shape index (κ1) is 28.0. The van der Waals surface area contributed by atoms with Crippen LogP contribution in [0.15, 0.2) is 55.1 Å². The molecule has 200 valence electrons. The van der Waals surface area contributed by atoms with Gasteiger partial charge in [-0.1, -0.05) is 61.3 Å². The maximum Gasteiger partial charge on any atom is 0.227 e. The van der Waals surface area contributed by atoms with Gasteiger partial charge in [0.05, 0.1) is 22.6 Å². The molecule has 2 aromatic carbocycles. The summed E-state index contributed by atoms with van der Waals surface area (Å²) in [5, 5.41) is 22.8. The number of fused-ring (bicyclic) bond motifs is 1. The first-order valence-electron chi connectivity index (χ1n) is 13.2. The molecular weight excluding hydrogens is 507 g/mol. The number of hydrogen-bond donors (Lipinski definition) is 2. The molecule has 0 spiro atoms. The van der Waals surface area contributed by atoms with Crippen LogP contribution in [0.4, 0.5) is 0 Å². The molecular formula is C30H38Cl2N2O3. The van der Waals surface area contributed by atoms with Crippen LogP contribution in [0, 0.1) is 11.8 Å². The summed E-state index contributed by atoms with van der Waals surface area (Å²) in [6.07, 6.45) is 3.70. The molecule has 4 atom stereocenters. The molecule has 1 aliphatic heterocycles. The Morgan fingerprint density at radius 3 is 2.70 bits per heavy atom. The lowest BCUT2D eigenvalue weighted by atomic mass is 9.56. The molecule has 1 saturated heterocycles. The Balaban J connectivity index is 1.67. The number of benzene rings is 2. The second-order valence-corrected chi connectivity index (χ2v) is 12.0.